The van der Waals surface area contributed by atoms with Crippen molar-refractivity contribution < 1.29 is 0 Å². The van der Waals surface area contributed by atoms with Crippen molar-refractivity contribution in [1.82, 2.24) is 0 Å². The predicted molar refractivity (Wildman–Crippen MR) is 88.3 cm³/mol. The Morgan fingerprint density at radius 3 is 1.42 bits per heavy atom. The lowest BCUT2D eigenvalue weighted by molar-refractivity contribution is 0.747. The van der Waals surface area contributed by atoms with Gasteiger partial charge in [-0.05, 0) is 44.5 Å². The van der Waals surface area contributed by atoms with E-state index in [-0.39, 0.29) is 7.92 Å². The molecule has 0 saturated carbocycles. The average Bonchev–Trinajstić information content (AvgIpc) is 2.38. The van der Waals surface area contributed by atoms with Crippen LogP contribution in [-0.2, 0) is 0 Å². The number of hydrogen-bond donors (Lipinski definition) is 0. The van der Waals surface area contributed by atoms with Crippen molar-refractivity contribution in [3.05, 3.63) is 59.7 Å². The summed E-state index contributed by atoms with van der Waals surface area (Å²) < 4.78 is 0. The van der Waals surface area contributed by atoms with Crippen molar-refractivity contribution >= 4 is 18.5 Å². The molecule has 0 unspecified atom stereocenters. The van der Waals surface area contributed by atoms with E-state index in [9.17, 15) is 0 Å². The third-order valence-electron chi connectivity index (χ3n) is 3.24. The van der Waals surface area contributed by atoms with Gasteiger partial charge < -0.3 is 0 Å². The van der Waals surface area contributed by atoms with Gasteiger partial charge in [0.25, 0.3) is 0 Å². The zero-order valence-electron chi connectivity index (χ0n) is 12.4. The molecule has 2 aromatic carbocycles. The van der Waals surface area contributed by atoms with Gasteiger partial charge in [-0.1, -0.05) is 73.5 Å². The molecule has 0 fully saturated rings. The molecule has 2 aromatic rings. The van der Waals surface area contributed by atoms with E-state index in [0.29, 0.717) is 0 Å². The summed E-state index contributed by atoms with van der Waals surface area (Å²) in [4.78, 5) is 0. The molecule has 0 aliphatic rings. The Morgan fingerprint density at radius 2 is 1.11 bits per heavy atom. The van der Waals surface area contributed by atoms with Crippen LogP contribution in [-0.4, -0.2) is 6.16 Å². The maximum atomic E-state index is 2.32. The van der Waals surface area contributed by atoms with Crippen LogP contribution in [0.15, 0.2) is 48.5 Å². The summed E-state index contributed by atoms with van der Waals surface area (Å²) in [7, 11) is -0.215. The molecule has 100 valence electrons. The van der Waals surface area contributed by atoms with Crippen LogP contribution in [0.5, 0.6) is 0 Å². The Bertz CT molecular complexity index is 463. The normalized spacial score (nSPS) is 11.3. The van der Waals surface area contributed by atoms with E-state index in [0.717, 1.165) is 5.92 Å². The molecule has 0 aliphatic carbocycles. The summed E-state index contributed by atoms with van der Waals surface area (Å²) >= 11 is 0. The molecule has 0 saturated heterocycles. The zero-order chi connectivity index (χ0) is 13.8. The van der Waals surface area contributed by atoms with Gasteiger partial charge in [0, 0.05) is 0 Å². The van der Waals surface area contributed by atoms with Gasteiger partial charge in [0.15, 0.2) is 0 Å². The molecule has 0 radical (unpaired) electrons. The van der Waals surface area contributed by atoms with Crippen LogP contribution in [0, 0.1) is 19.8 Å². The summed E-state index contributed by atoms with van der Waals surface area (Å²) in [6.45, 7) is 8.94. The summed E-state index contributed by atoms with van der Waals surface area (Å²) in [6.07, 6.45) is 1.27. The van der Waals surface area contributed by atoms with Gasteiger partial charge in [-0.25, -0.2) is 0 Å². The number of aryl methyl sites for hydroxylation is 2. The van der Waals surface area contributed by atoms with Gasteiger partial charge in [0.1, 0.15) is 0 Å². The van der Waals surface area contributed by atoms with Crippen LogP contribution < -0.4 is 10.6 Å². The highest BCUT2D eigenvalue weighted by Crippen LogP contribution is 2.35. The standard InChI is InChI=1S/C18H23P/c1-14(2)13-19(17-9-5-15(3)6-10-17)18-11-7-16(4)8-12-18/h5-12,14H,13H2,1-4H3. The van der Waals surface area contributed by atoms with Crippen molar-refractivity contribution in [3.8, 4) is 0 Å². The van der Waals surface area contributed by atoms with E-state index < -0.39 is 0 Å². The minimum Gasteiger partial charge on any atom is -0.0624 e. The molecule has 19 heavy (non-hydrogen) atoms. The van der Waals surface area contributed by atoms with E-state index >= 15 is 0 Å². The Kier molecular flexibility index (Phi) is 4.77. The Hall–Kier alpha value is -1.13. The van der Waals surface area contributed by atoms with E-state index in [1.54, 1.807) is 0 Å². The molecule has 0 atom stereocenters. The Morgan fingerprint density at radius 1 is 0.737 bits per heavy atom. The van der Waals surface area contributed by atoms with Crippen LogP contribution in [0.2, 0.25) is 0 Å². The van der Waals surface area contributed by atoms with Crippen LogP contribution in [0.3, 0.4) is 0 Å². The van der Waals surface area contributed by atoms with E-state index in [1.165, 1.54) is 27.9 Å². The van der Waals surface area contributed by atoms with E-state index in [4.69, 9.17) is 0 Å². The highest BCUT2D eigenvalue weighted by atomic mass is 31.1. The molecule has 2 rings (SSSR count). The second-order valence-corrected chi connectivity index (χ2v) is 7.93. The van der Waals surface area contributed by atoms with Gasteiger partial charge >= 0.3 is 0 Å². The molecule has 0 spiro atoms. The highest BCUT2D eigenvalue weighted by molar-refractivity contribution is 7.73. The first-order valence-corrected chi connectivity index (χ1v) is 8.50. The molecular weight excluding hydrogens is 247 g/mol. The zero-order valence-corrected chi connectivity index (χ0v) is 13.2. The van der Waals surface area contributed by atoms with Gasteiger partial charge in [0.05, 0.1) is 0 Å². The fourth-order valence-corrected chi connectivity index (χ4v) is 4.64. The third kappa shape index (κ3) is 3.91. The monoisotopic (exact) mass is 270 g/mol. The second kappa shape index (κ2) is 6.35. The topological polar surface area (TPSA) is 0 Å². The van der Waals surface area contributed by atoms with Gasteiger partial charge in [-0.15, -0.1) is 0 Å². The molecule has 0 nitrogen and oxygen atoms in total. The van der Waals surface area contributed by atoms with E-state index in [2.05, 4.69) is 76.2 Å². The molecule has 0 N–H and O–H groups in total. The summed E-state index contributed by atoms with van der Waals surface area (Å²) in [6, 6.07) is 18.2. The van der Waals surface area contributed by atoms with Crippen LogP contribution >= 0.6 is 7.92 Å². The van der Waals surface area contributed by atoms with Crippen LogP contribution in [0.25, 0.3) is 0 Å². The first-order chi connectivity index (χ1) is 9.06. The Balaban J connectivity index is 2.35. The molecule has 0 heterocycles. The van der Waals surface area contributed by atoms with Crippen LogP contribution in [0.1, 0.15) is 25.0 Å². The molecule has 1 heteroatoms. The van der Waals surface area contributed by atoms with Crippen molar-refractivity contribution in [3.63, 3.8) is 0 Å². The lowest BCUT2D eigenvalue weighted by Crippen LogP contribution is -2.16. The highest BCUT2D eigenvalue weighted by Gasteiger charge is 2.15. The van der Waals surface area contributed by atoms with Gasteiger partial charge in [0.2, 0.25) is 0 Å². The maximum absolute atomic E-state index is 2.32. The Labute approximate surface area is 118 Å². The molecule has 0 bridgehead atoms. The summed E-state index contributed by atoms with van der Waals surface area (Å²) in [5.41, 5.74) is 2.68. The summed E-state index contributed by atoms with van der Waals surface area (Å²) in [5, 5.41) is 3.00. The number of benzene rings is 2. The van der Waals surface area contributed by atoms with Crippen LogP contribution in [0.4, 0.5) is 0 Å². The fraction of sp³-hybridized carbons (Fsp3) is 0.333. The lowest BCUT2D eigenvalue weighted by atomic mass is 10.2. The average molecular weight is 270 g/mol. The largest absolute Gasteiger partial charge is 0.0624 e. The molecular formula is C18H23P. The first kappa shape index (κ1) is 14.3. The quantitative estimate of drug-likeness (QED) is 0.723. The van der Waals surface area contributed by atoms with Crippen molar-refractivity contribution in [2.24, 2.45) is 5.92 Å². The van der Waals surface area contributed by atoms with Crippen molar-refractivity contribution in [2.75, 3.05) is 6.16 Å². The summed E-state index contributed by atoms with van der Waals surface area (Å²) in [5.74, 6) is 0.730. The van der Waals surface area contributed by atoms with Crippen molar-refractivity contribution in [1.29, 1.82) is 0 Å². The minimum atomic E-state index is -0.215. The number of rotatable bonds is 4. The predicted octanol–water partition coefficient (Wildman–Crippen LogP) is 4.39. The first-order valence-electron chi connectivity index (χ1n) is 6.97. The van der Waals surface area contributed by atoms with Crippen molar-refractivity contribution in [2.45, 2.75) is 27.7 Å². The SMILES string of the molecule is Cc1ccc(P(CC(C)C)c2ccc(C)cc2)cc1. The van der Waals surface area contributed by atoms with E-state index in [1.807, 2.05) is 0 Å². The minimum absolute atomic E-state index is 0.215. The smallest absolute Gasteiger partial charge is 0.0195 e. The van der Waals surface area contributed by atoms with Gasteiger partial charge in [-0.3, -0.25) is 0 Å². The molecule has 0 aliphatic heterocycles. The second-order valence-electron chi connectivity index (χ2n) is 5.68. The molecule has 0 aromatic heterocycles. The van der Waals surface area contributed by atoms with Gasteiger partial charge in [-0.2, -0.15) is 0 Å². The molecule has 0 amide bonds. The third-order valence-corrected chi connectivity index (χ3v) is 6.18. The number of hydrogen-bond acceptors (Lipinski definition) is 0. The fourth-order valence-electron chi connectivity index (χ4n) is 2.17. The lowest BCUT2D eigenvalue weighted by Gasteiger charge is -2.21. The maximum Gasteiger partial charge on any atom is -0.0195 e.